The first-order valence-electron chi connectivity index (χ1n) is 8.63. The van der Waals surface area contributed by atoms with Crippen molar-refractivity contribution in [3.63, 3.8) is 0 Å². The molecule has 0 aromatic carbocycles. The average Bonchev–Trinajstić information content (AvgIpc) is 3.13. The molecule has 1 fully saturated rings. The normalized spacial score (nSPS) is 19.8. The van der Waals surface area contributed by atoms with Crippen LogP contribution in [0.15, 0.2) is 12.5 Å². The first-order valence-corrected chi connectivity index (χ1v) is 8.63. The smallest absolute Gasteiger partial charge is 0.163 e. The lowest BCUT2D eigenvalue weighted by Crippen LogP contribution is -2.39. The van der Waals surface area contributed by atoms with Crippen LogP contribution in [0.4, 0.5) is 0 Å². The summed E-state index contributed by atoms with van der Waals surface area (Å²) in [6.45, 7) is 13.0. The second kappa shape index (κ2) is 6.64. The third kappa shape index (κ3) is 3.52. The molecule has 2 aromatic rings. The number of aryl methyl sites for hydroxylation is 2. The van der Waals surface area contributed by atoms with Crippen LogP contribution in [0, 0.1) is 0 Å². The molecule has 0 bridgehead atoms. The standard InChI is InChI=1S/C17H28N6O/c1-6-23-12-18-19-16(23)14-11-22(7-8-24-14)10-13-9-21(5)20-15(13)17(2,3)4/h9,12,14H,6-8,10-11H2,1-5H3. The van der Waals surface area contributed by atoms with Crippen LogP contribution < -0.4 is 0 Å². The maximum atomic E-state index is 5.95. The lowest BCUT2D eigenvalue weighted by atomic mass is 9.89. The van der Waals surface area contributed by atoms with E-state index in [2.05, 4.69) is 58.7 Å². The molecule has 0 N–H and O–H groups in total. The maximum Gasteiger partial charge on any atom is 0.163 e. The monoisotopic (exact) mass is 332 g/mol. The maximum absolute atomic E-state index is 5.95. The minimum Gasteiger partial charge on any atom is -0.368 e. The molecule has 0 saturated carbocycles. The molecule has 2 aromatic heterocycles. The predicted octanol–water partition coefficient (Wildman–Crippen LogP) is 1.90. The van der Waals surface area contributed by atoms with Gasteiger partial charge in [0.2, 0.25) is 0 Å². The van der Waals surface area contributed by atoms with Crippen molar-refractivity contribution in [3.8, 4) is 0 Å². The van der Waals surface area contributed by atoms with Crippen molar-refractivity contribution in [3.05, 3.63) is 29.6 Å². The van der Waals surface area contributed by atoms with Crippen LogP contribution in [0.3, 0.4) is 0 Å². The first-order chi connectivity index (χ1) is 11.4. The number of aromatic nitrogens is 5. The zero-order valence-electron chi connectivity index (χ0n) is 15.4. The third-order valence-corrected chi connectivity index (χ3v) is 4.43. The number of rotatable bonds is 4. The van der Waals surface area contributed by atoms with Crippen molar-refractivity contribution >= 4 is 0 Å². The summed E-state index contributed by atoms with van der Waals surface area (Å²) in [4.78, 5) is 2.43. The largest absolute Gasteiger partial charge is 0.368 e. The highest BCUT2D eigenvalue weighted by Gasteiger charge is 2.28. The fourth-order valence-electron chi connectivity index (χ4n) is 3.29. The first kappa shape index (κ1) is 17.1. The van der Waals surface area contributed by atoms with Crippen LogP contribution in [-0.2, 0) is 30.3 Å². The molecule has 0 amide bonds. The van der Waals surface area contributed by atoms with Crippen molar-refractivity contribution in [1.82, 2.24) is 29.4 Å². The van der Waals surface area contributed by atoms with Gasteiger partial charge < -0.3 is 9.30 Å². The molecular formula is C17H28N6O. The summed E-state index contributed by atoms with van der Waals surface area (Å²) in [5, 5.41) is 13.0. The molecule has 1 atom stereocenters. The zero-order chi connectivity index (χ0) is 17.3. The van der Waals surface area contributed by atoms with Gasteiger partial charge in [0.05, 0.1) is 12.3 Å². The Kier molecular flexibility index (Phi) is 4.73. The minimum atomic E-state index is -0.0176. The van der Waals surface area contributed by atoms with Gasteiger partial charge in [0, 0.05) is 50.4 Å². The van der Waals surface area contributed by atoms with E-state index in [0.717, 1.165) is 32.0 Å². The van der Waals surface area contributed by atoms with Gasteiger partial charge in [-0.1, -0.05) is 20.8 Å². The van der Waals surface area contributed by atoms with E-state index >= 15 is 0 Å². The summed E-state index contributed by atoms with van der Waals surface area (Å²) in [6, 6.07) is 0. The van der Waals surface area contributed by atoms with E-state index in [-0.39, 0.29) is 11.5 Å². The average molecular weight is 332 g/mol. The fourth-order valence-corrected chi connectivity index (χ4v) is 3.29. The highest BCUT2D eigenvalue weighted by Crippen LogP contribution is 2.27. The minimum absolute atomic E-state index is 0.0176. The molecule has 7 heteroatoms. The van der Waals surface area contributed by atoms with Crippen molar-refractivity contribution in [2.24, 2.45) is 7.05 Å². The summed E-state index contributed by atoms with van der Waals surface area (Å²) >= 11 is 0. The Labute approximate surface area is 143 Å². The Bertz CT molecular complexity index is 684. The quantitative estimate of drug-likeness (QED) is 0.856. The highest BCUT2D eigenvalue weighted by atomic mass is 16.5. The van der Waals surface area contributed by atoms with Crippen LogP contribution in [-0.4, -0.2) is 49.1 Å². The molecule has 1 aliphatic rings. The second-order valence-corrected chi connectivity index (χ2v) is 7.50. The van der Waals surface area contributed by atoms with Crippen LogP contribution >= 0.6 is 0 Å². The molecule has 3 heterocycles. The van der Waals surface area contributed by atoms with Gasteiger partial charge in [-0.3, -0.25) is 9.58 Å². The van der Waals surface area contributed by atoms with Crippen molar-refractivity contribution in [2.45, 2.75) is 52.3 Å². The van der Waals surface area contributed by atoms with Crippen LogP contribution in [0.2, 0.25) is 0 Å². The number of morpholine rings is 1. The van der Waals surface area contributed by atoms with Gasteiger partial charge in [-0.2, -0.15) is 5.10 Å². The molecule has 0 aliphatic carbocycles. The SMILES string of the molecule is CCn1cnnc1C1CN(Cc2cn(C)nc2C(C)(C)C)CCO1. The van der Waals surface area contributed by atoms with Gasteiger partial charge in [-0.05, 0) is 6.92 Å². The van der Waals surface area contributed by atoms with Gasteiger partial charge >= 0.3 is 0 Å². The number of hydrogen-bond acceptors (Lipinski definition) is 5. The molecule has 1 aliphatic heterocycles. The van der Waals surface area contributed by atoms with Crippen molar-refractivity contribution < 1.29 is 4.74 Å². The van der Waals surface area contributed by atoms with Gasteiger partial charge in [0.15, 0.2) is 5.82 Å². The van der Waals surface area contributed by atoms with E-state index in [1.165, 1.54) is 11.3 Å². The van der Waals surface area contributed by atoms with Crippen molar-refractivity contribution in [1.29, 1.82) is 0 Å². The Morgan fingerprint density at radius 1 is 1.33 bits per heavy atom. The lowest BCUT2D eigenvalue weighted by Gasteiger charge is -2.32. The van der Waals surface area contributed by atoms with Crippen molar-refractivity contribution in [2.75, 3.05) is 19.7 Å². The molecule has 3 rings (SSSR count). The molecule has 1 unspecified atom stereocenters. The van der Waals surface area contributed by atoms with E-state index in [1.54, 1.807) is 6.33 Å². The number of ether oxygens (including phenoxy) is 1. The van der Waals surface area contributed by atoms with Crippen LogP contribution in [0.5, 0.6) is 0 Å². The Hall–Kier alpha value is -1.73. The Morgan fingerprint density at radius 2 is 2.12 bits per heavy atom. The molecule has 0 spiro atoms. The second-order valence-electron chi connectivity index (χ2n) is 7.50. The summed E-state index contributed by atoms with van der Waals surface area (Å²) in [6.07, 6.45) is 3.90. The van der Waals surface area contributed by atoms with Gasteiger partial charge in [0.1, 0.15) is 12.4 Å². The summed E-state index contributed by atoms with van der Waals surface area (Å²) < 4.78 is 9.92. The van der Waals surface area contributed by atoms with Gasteiger partial charge in [-0.25, -0.2) is 0 Å². The highest BCUT2D eigenvalue weighted by molar-refractivity contribution is 5.24. The van der Waals surface area contributed by atoms with E-state index in [1.807, 2.05) is 11.7 Å². The number of nitrogens with zero attached hydrogens (tertiary/aromatic N) is 6. The van der Waals surface area contributed by atoms with Crippen LogP contribution in [0.1, 0.15) is 50.9 Å². The van der Waals surface area contributed by atoms with E-state index in [0.29, 0.717) is 6.61 Å². The Balaban J connectivity index is 1.75. The zero-order valence-corrected chi connectivity index (χ0v) is 15.4. The van der Waals surface area contributed by atoms with E-state index in [4.69, 9.17) is 4.74 Å². The molecule has 7 nitrogen and oxygen atoms in total. The number of hydrogen-bond donors (Lipinski definition) is 0. The fraction of sp³-hybridized carbons (Fsp3) is 0.706. The molecule has 24 heavy (non-hydrogen) atoms. The summed E-state index contributed by atoms with van der Waals surface area (Å²) in [5.74, 6) is 0.921. The lowest BCUT2D eigenvalue weighted by molar-refractivity contribution is -0.0390. The molecule has 1 saturated heterocycles. The Morgan fingerprint density at radius 3 is 2.83 bits per heavy atom. The van der Waals surface area contributed by atoms with E-state index < -0.39 is 0 Å². The summed E-state index contributed by atoms with van der Waals surface area (Å²) in [5.41, 5.74) is 2.51. The van der Waals surface area contributed by atoms with Crippen LogP contribution in [0.25, 0.3) is 0 Å². The topological polar surface area (TPSA) is 61.0 Å². The summed E-state index contributed by atoms with van der Waals surface area (Å²) in [7, 11) is 1.99. The third-order valence-electron chi connectivity index (χ3n) is 4.43. The molecular weight excluding hydrogens is 304 g/mol. The molecule has 132 valence electrons. The van der Waals surface area contributed by atoms with E-state index in [9.17, 15) is 0 Å². The van der Waals surface area contributed by atoms with Gasteiger partial charge in [0.25, 0.3) is 0 Å². The molecule has 0 radical (unpaired) electrons. The van der Waals surface area contributed by atoms with Gasteiger partial charge in [-0.15, -0.1) is 10.2 Å². The predicted molar refractivity (Wildman–Crippen MR) is 91.6 cm³/mol.